The van der Waals surface area contributed by atoms with Gasteiger partial charge >= 0.3 is 5.97 Å². The molecule has 1 unspecified atom stereocenters. The van der Waals surface area contributed by atoms with Crippen molar-refractivity contribution in [3.8, 4) is 0 Å². The predicted molar refractivity (Wildman–Crippen MR) is 50.8 cm³/mol. The molecule has 0 spiro atoms. The molecule has 0 bridgehead atoms. The summed E-state index contributed by atoms with van der Waals surface area (Å²) in [6, 6.07) is 0. The Balaban J connectivity index is 2.22. The van der Waals surface area contributed by atoms with Crippen molar-refractivity contribution in [2.45, 2.75) is 25.4 Å². The summed E-state index contributed by atoms with van der Waals surface area (Å²) >= 11 is 0. The van der Waals surface area contributed by atoms with Crippen LogP contribution in [0.5, 0.6) is 0 Å². The van der Waals surface area contributed by atoms with E-state index in [0.29, 0.717) is 12.0 Å². The lowest BCUT2D eigenvalue weighted by molar-refractivity contribution is -0.140. The molecule has 80 valence electrons. The molecule has 1 saturated heterocycles. The Morgan fingerprint density at radius 2 is 2.43 bits per heavy atom. The first-order valence-corrected chi connectivity index (χ1v) is 4.81. The van der Waals surface area contributed by atoms with Gasteiger partial charge in [-0.1, -0.05) is 6.58 Å². The van der Waals surface area contributed by atoms with E-state index in [0.717, 1.165) is 19.4 Å². The molecule has 4 heteroatoms. The highest BCUT2D eigenvalue weighted by Crippen LogP contribution is 2.19. The summed E-state index contributed by atoms with van der Waals surface area (Å²) in [5.74, 6) is -0.436. The smallest absolute Gasteiger partial charge is 0.333 e. The van der Waals surface area contributed by atoms with Gasteiger partial charge in [-0.25, -0.2) is 4.79 Å². The lowest BCUT2D eigenvalue weighted by Gasteiger charge is -2.10. The Hall–Kier alpha value is -0.870. The molecule has 1 N–H and O–H groups in total. The molecule has 0 amide bonds. The SMILES string of the molecule is C=C(CC1CCCO1)C(=O)OCCO. The number of ether oxygens (including phenoxy) is 2. The quantitative estimate of drug-likeness (QED) is 0.523. The minimum atomic E-state index is -0.436. The average Bonchev–Trinajstić information content (AvgIpc) is 2.66. The van der Waals surface area contributed by atoms with Crippen molar-refractivity contribution >= 4 is 5.97 Å². The third-order valence-electron chi connectivity index (χ3n) is 2.11. The zero-order chi connectivity index (χ0) is 10.4. The third-order valence-corrected chi connectivity index (χ3v) is 2.11. The van der Waals surface area contributed by atoms with Crippen molar-refractivity contribution in [2.24, 2.45) is 0 Å². The van der Waals surface area contributed by atoms with Crippen molar-refractivity contribution < 1.29 is 19.4 Å². The summed E-state index contributed by atoms with van der Waals surface area (Å²) in [6.07, 6.45) is 2.67. The molecule has 0 aromatic carbocycles. The van der Waals surface area contributed by atoms with Gasteiger partial charge in [0.25, 0.3) is 0 Å². The van der Waals surface area contributed by atoms with Gasteiger partial charge < -0.3 is 14.6 Å². The van der Waals surface area contributed by atoms with E-state index in [1.807, 2.05) is 0 Å². The van der Waals surface area contributed by atoms with Gasteiger partial charge in [0.05, 0.1) is 12.7 Å². The van der Waals surface area contributed by atoms with Crippen molar-refractivity contribution in [3.05, 3.63) is 12.2 Å². The maximum absolute atomic E-state index is 11.2. The van der Waals surface area contributed by atoms with E-state index in [-0.39, 0.29) is 19.3 Å². The summed E-state index contributed by atoms with van der Waals surface area (Å²) in [7, 11) is 0. The van der Waals surface area contributed by atoms with E-state index in [9.17, 15) is 4.79 Å². The summed E-state index contributed by atoms with van der Waals surface area (Å²) < 4.78 is 10.1. The highest BCUT2D eigenvalue weighted by atomic mass is 16.5. The number of hydrogen-bond acceptors (Lipinski definition) is 4. The second-order valence-electron chi connectivity index (χ2n) is 3.30. The van der Waals surface area contributed by atoms with E-state index in [1.54, 1.807) is 0 Å². The molecule has 0 aromatic heterocycles. The van der Waals surface area contributed by atoms with Crippen molar-refractivity contribution in [3.63, 3.8) is 0 Å². The van der Waals surface area contributed by atoms with Crippen LogP contribution in [0.4, 0.5) is 0 Å². The number of carbonyl (C=O) groups excluding carboxylic acids is 1. The maximum Gasteiger partial charge on any atom is 0.333 e. The molecule has 4 nitrogen and oxygen atoms in total. The molecule has 1 rings (SSSR count). The monoisotopic (exact) mass is 200 g/mol. The van der Waals surface area contributed by atoms with Crippen LogP contribution in [-0.4, -0.2) is 37.0 Å². The summed E-state index contributed by atoms with van der Waals surface area (Å²) in [5, 5.41) is 8.45. The predicted octanol–water partition coefficient (Wildman–Crippen LogP) is 0.647. The number of aliphatic hydroxyl groups excluding tert-OH is 1. The number of aliphatic hydroxyl groups is 1. The van der Waals surface area contributed by atoms with E-state index >= 15 is 0 Å². The lowest BCUT2D eigenvalue weighted by Crippen LogP contribution is -2.15. The fourth-order valence-corrected chi connectivity index (χ4v) is 1.40. The standard InChI is InChI=1S/C10H16O4/c1-8(10(12)14-6-4-11)7-9-3-2-5-13-9/h9,11H,1-7H2. The van der Waals surface area contributed by atoms with Crippen LogP contribution >= 0.6 is 0 Å². The molecule has 1 aliphatic heterocycles. The van der Waals surface area contributed by atoms with E-state index in [4.69, 9.17) is 14.6 Å². The Morgan fingerprint density at radius 1 is 1.64 bits per heavy atom. The molecule has 0 aromatic rings. The van der Waals surface area contributed by atoms with Crippen LogP contribution in [0.25, 0.3) is 0 Å². The minimum absolute atomic E-state index is 0.0311. The van der Waals surface area contributed by atoms with E-state index < -0.39 is 5.97 Å². The van der Waals surface area contributed by atoms with Crippen LogP contribution in [-0.2, 0) is 14.3 Å². The van der Waals surface area contributed by atoms with Crippen LogP contribution < -0.4 is 0 Å². The summed E-state index contributed by atoms with van der Waals surface area (Å²) in [6.45, 7) is 4.28. The zero-order valence-electron chi connectivity index (χ0n) is 8.20. The number of esters is 1. The van der Waals surface area contributed by atoms with E-state index in [1.165, 1.54) is 0 Å². The second kappa shape index (κ2) is 5.78. The van der Waals surface area contributed by atoms with Crippen LogP contribution in [0.3, 0.4) is 0 Å². The molecular weight excluding hydrogens is 184 g/mol. The molecule has 14 heavy (non-hydrogen) atoms. The highest BCUT2D eigenvalue weighted by molar-refractivity contribution is 5.87. The van der Waals surface area contributed by atoms with Gasteiger partial charge in [-0.05, 0) is 12.8 Å². The number of carbonyl (C=O) groups is 1. The van der Waals surface area contributed by atoms with Crippen molar-refractivity contribution in [2.75, 3.05) is 19.8 Å². The van der Waals surface area contributed by atoms with Crippen LogP contribution in [0.1, 0.15) is 19.3 Å². The number of rotatable bonds is 5. The highest BCUT2D eigenvalue weighted by Gasteiger charge is 2.19. The van der Waals surface area contributed by atoms with Crippen molar-refractivity contribution in [1.82, 2.24) is 0 Å². The summed E-state index contributed by atoms with van der Waals surface area (Å²) in [4.78, 5) is 11.2. The minimum Gasteiger partial charge on any atom is -0.460 e. The molecule has 1 atom stereocenters. The zero-order valence-corrected chi connectivity index (χ0v) is 8.20. The Bertz CT molecular complexity index is 206. The maximum atomic E-state index is 11.2. The molecule has 1 fully saturated rings. The molecule has 0 aliphatic carbocycles. The van der Waals surface area contributed by atoms with E-state index in [2.05, 4.69) is 6.58 Å². The van der Waals surface area contributed by atoms with Gasteiger partial charge in [0.15, 0.2) is 0 Å². The molecule has 0 radical (unpaired) electrons. The van der Waals surface area contributed by atoms with Gasteiger partial charge in [-0.15, -0.1) is 0 Å². The van der Waals surface area contributed by atoms with Gasteiger partial charge in [0.1, 0.15) is 6.61 Å². The molecule has 1 aliphatic rings. The Kier molecular flexibility index (Phi) is 4.62. The normalized spacial score (nSPS) is 20.8. The third kappa shape index (κ3) is 3.47. The first kappa shape index (κ1) is 11.2. The number of hydrogen-bond donors (Lipinski definition) is 1. The lowest BCUT2D eigenvalue weighted by atomic mass is 10.1. The van der Waals surface area contributed by atoms with Gasteiger partial charge in [-0.3, -0.25) is 0 Å². The fraction of sp³-hybridized carbons (Fsp3) is 0.700. The first-order chi connectivity index (χ1) is 6.74. The van der Waals surface area contributed by atoms with Crippen LogP contribution in [0.2, 0.25) is 0 Å². The summed E-state index contributed by atoms with van der Waals surface area (Å²) in [5.41, 5.74) is 0.422. The molecule has 1 heterocycles. The Labute approximate surface area is 83.5 Å². The first-order valence-electron chi connectivity index (χ1n) is 4.81. The van der Waals surface area contributed by atoms with Crippen molar-refractivity contribution in [1.29, 1.82) is 0 Å². The van der Waals surface area contributed by atoms with Crippen LogP contribution in [0.15, 0.2) is 12.2 Å². The molecular formula is C10H16O4. The topological polar surface area (TPSA) is 55.8 Å². The van der Waals surface area contributed by atoms with Gasteiger partial charge in [0.2, 0.25) is 0 Å². The second-order valence-corrected chi connectivity index (χ2v) is 3.30. The van der Waals surface area contributed by atoms with Gasteiger partial charge in [-0.2, -0.15) is 0 Å². The largest absolute Gasteiger partial charge is 0.460 e. The Morgan fingerprint density at radius 3 is 3.00 bits per heavy atom. The fourth-order valence-electron chi connectivity index (χ4n) is 1.40. The van der Waals surface area contributed by atoms with Gasteiger partial charge in [0, 0.05) is 18.6 Å². The molecule has 0 saturated carbocycles. The average molecular weight is 200 g/mol. The van der Waals surface area contributed by atoms with Crippen LogP contribution in [0, 0.1) is 0 Å².